The molecular weight excluding hydrogens is 749 g/mol. The molecule has 0 fully saturated rings. The summed E-state index contributed by atoms with van der Waals surface area (Å²) in [6, 6.07) is 28.8. The van der Waals surface area contributed by atoms with Gasteiger partial charge in [0.15, 0.2) is 8.32 Å². The molecule has 0 radical (unpaired) electrons. The van der Waals surface area contributed by atoms with E-state index in [1.807, 2.05) is 49.6 Å². The lowest BCUT2D eigenvalue weighted by Crippen LogP contribution is -2.41. The topological polar surface area (TPSA) is 105 Å². The minimum atomic E-state index is -1.85. The van der Waals surface area contributed by atoms with Crippen LogP contribution in [0, 0.1) is 0 Å². The second-order valence-corrected chi connectivity index (χ2v) is 21.2. The van der Waals surface area contributed by atoms with E-state index >= 15 is 0 Å². The average molecular weight is 799 g/mol. The summed E-state index contributed by atoms with van der Waals surface area (Å²) in [5.41, 5.74) is 7.06. The molecule has 0 saturated heterocycles. The maximum absolute atomic E-state index is 6.32. The molecule has 7 aromatic rings. The van der Waals surface area contributed by atoms with Crippen molar-refractivity contribution in [2.45, 2.75) is 62.8 Å². The molecule has 7 rings (SSSR count). The Bertz CT molecular complexity index is 2450. The molecule has 294 valence electrons. The van der Waals surface area contributed by atoms with Gasteiger partial charge in [0.1, 0.15) is 41.1 Å². The van der Waals surface area contributed by atoms with E-state index in [-0.39, 0.29) is 5.04 Å². The molecule has 0 atom stereocenters. The number of hydrogen-bond donors (Lipinski definition) is 1. The summed E-state index contributed by atoms with van der Waals surface area (Å²) in [6.07, 6.45) is 7.61. The Morgan fingerprint density at radius 2 is 1.58 bits per heavy atom. The van der Waals surface area contributed by atoms with Gasteiger partial charge in [0.05, 0.1) is 37.0 Å². The van der Waals surface area contributed by atoms with E-state index in [1.54, 1.807) is 31.3 Å². The summed E-state index contributed by atoms with van der Waals surface area (Å²) in [5, 5.41) is 6.17. The van der Waals surface area contributed by atoms with Gasteiger partial charge in [-0.25, -0.2) is 4.98 Å². The molecule has 10 nitrogen and oxygen atoms in total. The Labute approximate surface area is 340 Å². The molecular formula is C45H50N6O4SSi. The molecule has 12 heteroatoms. The average Bonchev–Trinajstić information content (AvgIpc) is 3.58. The van der Waals surface area contributed by atoms with Crippen LogP contribution in [0.5, 0.6) is 17.2 Å². The van der Waals surface area contributed by atoms with Crippen LogP contribution in [0.3, 0.4) is 0 Å². The number of pyridine rings is 2. The molecule has 1 N–H and O–H groups in total. The summed E-state index contributed by atoms with van der Waals surface area (Å²) in [6.45, 7) is 13.3. The Morgan fingerprint density at radius 3 is 2.33 bits per heavy atom. The molecule has 0 bridgehead atoms. The van der Waals surface area contributed by atoms with Crippen molar-refractivity contribution in [1.29, 1.82) is 0 Å². The Kier molecular flexibility index (Phi) is 12.1. The van der Waals surface area contributed by atoms with Gasteiger partial charge in [0, 0.05) is 42.7 Å². The number of aromatic nitrogens is 5. The van der Waals surface area contributed by atoms with Crippen LogP contribution in [0.15, 0.2) is 115 Å². The largest absolute Gasteiger partial charge is 0.497 e. The monoisotopic (exact) mass is 798 g/mol. The highest BCUT2D eigenvalue weighted by Gasteiger charge is 2.37. The van der Waals surface area contributed by atoms with Gasteiger partial charge in [-0.1, -0.05) is 69.3 Å². The SMILES string of the molecule is CNc1nc(SCc2cncc(OCCO[Si](C)(C)C(C)(C)C)c2)c2c(-c3ccc4ncc(OCc5ccc(OC)cc5)cc4c3)cn(Cc3ccccc3)c2n1. The molecule has 4 aromatic heterocycles. The predicted octanol–water partition coefficient (Wildman–Crippen LogP) is 10.4. The number of benzene rings is 3. The summed E-state index contributed by atoms with van der Waals surface area (Å²) in [7, 11) is 1.67. The molecule has 0 spiro atoms. The van der Waals surface area contributed by atoms with Gasteiger partial charge in [-0.3, -0.25) is 9.97 Å². The molecule has 0 aliphatic heterocycles. The van der Waals surface area contributed by atoms with E-state index in [9.17, 15) is 0 Å². The van der Waals surface area contributed by atoms with E-state index in [1.165, 1.54) is 5.56 Å². The Balaban J connectivity index is 1.18. The van der Waals surface area contributed by atoms with E-state index in [0.717, 1.165) is 60.7 Å². The minimum Gasteiger partial charge on any atom is -0.497 e. The number of rotatable bonds is 16. The third-order valence-corrected chi connectivity index (χ3v) is 16.0. The lowest BCUT2D eigenvalue weighted by Gasteiger charge is -2.36. The minimum absolute atomic E-state index is 0.149. The number of ether oxygens (including phenoxy) is 3. The molecule has 57 heavy (non-hydrogen) atoms. The normalized spacial score (nSPS) is 11.9. The summed E-state index contributed by atoms with van der Waals surface area (Å²) >= 11 is 1.66. The van der Waals surface area contributed by atoms with Crippen molar-refractivity contribution < 1.29 is 18.6 Å². The van der Waals surface area contributed by atoms with Gasteiger partial charge in [-0.15, -0.1) is 11.8 Å². The first-order valence-corrected chi connectivity index (χ1v) is 23.0. The fourth-order valence-electron chi connectivity index (χ4n) is 6.18. The van der Waals surface area contributed by atoms with Crippen molar-refractivity contribution in [2.75, 3.05) is 32.7 Å². The molecule has 0 amide bonds. The zero-order chi connectivity index (χ0) is 40.0. The molecule has 0 aliphatic rings. The van der Waals surface area contributed by atoms with E-state index in [2.05, 4.69) is 103 Å². The predicted molar refractivity (Wildman–Crippen MR) is 233 cm³/mol. The number of anilines is 1. The fraction of sp³-hybridized carbons (Fsp3) is 0.289. The van der Waals surface area contributed by atoms with Gasteiger partial charge in [-0.05, 0) is 76.8 Å². The molecule has 3 aromatic carbocycles. The van der Waals surface area contributed by atoms with E-state index in [0.29, 0.717) is 43.8 Å². The van der Waals surface area contributed by atoms with Crippen LogP contribution in [0.2, 0.25) is 18.1 Å². The molecule has 4 heterocycles. The first kappa shape index (κ1) is 39.8. The van der Waals surface area contributed by atoms with Crippen molar-refractivity contribution in [3.8, 4) is 28.4 Å². The van der Waals surface area contributed by atoms with Crippen molar-refractivity contribution in [3.63, 3.8) is 0 Å². The summed E-state index contributed by atoms with van der Waals surface area (Å²) in [4.78, 5) is 19.3. The first-order valence-electron chi connectivity index (χ1n) is 19.1. The van der Waals surface area contributed by atoms with Gasteiger partial charge in [0.25, 0.3) is 0 Å². The maximum atomic E-state index is 6.32. The van der Waals surface area contributed by atoms with Crippen LogP contribution in [0.1, 0.15) is 37.5 Å². The van der Waals surface area contributed by atoms with Crippen LogP contribution < -0.4 is 19.5 Å². The highest BCUT2D eigenvalue weighted by molar-refractivity contribution is 7.98. The maximum Gasteiger partial charge on any atom is 0.225 e. The van der Waals surface area contributed by atoms with Gasteiger partial charge in [0.2, 0.25) is 5.95 Å². The number of thioether (sulfide) groups is 1. The highest BCUT2D eigenvalue weighted by atomic mass is 32.2. The molecule has 0 saturated carbocycles. The number of methoxy groups -OCH3 is 1. The van der Waals surface area contributed by atoms with Crippen LogP contribution >= 0.6 is 11.8 Å². The second-order valence-electron chi connectivity index (χ2n) is 15.4. The third kappa shape index (κ3) is 9.58. The van der Waals surface area contributed by atoms with Crippen molar-refractivity contribution in [3.05, 3.63) is 126 Å². The summed E-state index contributed by atoms with van der Waals surface area (Å²) in [5.74, 6) is 3.43. The second kappa shape index (κ2) is 17.4. The third-order valence-electron chi connectivity index (χ3n) is 10.4. The smallest absolute Gasteiger partial charge is 0.225 e. The zero-order valence-electron chi connectivity index (χ0n) is 33.7. The van der Waals surface area contributed by atoms with E-state index in [4.69, 9.17) is 33.6 Å². The molecule has 0 unspecified atom stereocenters. The molecule has 0 aliphatic carbocycles. The standard InChI is InChI=1S/C45H50N6O4SSi/c1-45(2,3)57(6,7)55-20-19-53-37-21-33(24-47-25-37)30-56-43-41-39(28-51(27-31-11-9-8-10-12-31)42(41)49-44(46-4)50-43)34-15-18-40-35(22-34)23-38(26-48-40)54-29-32-13-16-36(52-5)17-14-32/h8-18,21-26,28H,19-20,27,29-30H2,1-7H3,(H,46,49,50). The van der Waals surface area contributed by atoms with Crippen molar-refractivity contribution in [2.24, 2.45) is 0 Å². The van der Waals surface area contributed by atoms with E-state index < -0.39 is 8.32 Å². The Morgan fingerprint density at radius 1 is 0.789 bits per heavy atom. The van der Waals surface area contributed by atoms with Crippen LogP contribution in [0.4, 0.5) is 5.95 Å². The number of hydrogen-bond acceptors (Lipinski definition) is 10. The summed E-state index contributed by atoms with van der Waals surface area (Å²) < 4.78 is 26.1. The van der Waals surface area contributed by atoms with Gasteiger partial charge in [-0.2, -0.15) is 4.98 Å². The van der Waals surface area contributed by atoms with Gasteiger partial charge < -0.3 is 28.5 Å². The van der Waals surface area contributed by atoms with Crippen LogP contribution in [-0.2, 0) is 23.3 Å². The lowest BCUT2D eigenvalue weighted by atomic mass is 10.0. The van der Waals surface area contributed by atoms with Crippen molar-refractivity contribution in [1.82, 2.24) is 24.5 Å². The Hall–Kier alpha value is -5.43. The lowest BCUT2D eigenvalue weighted by molar-refractivity contribution is 0.203. The van der Waals surface area contributed by atoms with Gasteiger partial charge >= 0.3 is 0 Å². The number of nitrogens with one attached hydrogen (secondary N) is 1. The van der Waals surface area contributed by atoms with Crippen LogP contribution in [0.25, 0.3) is 33.1 Å². The number of fused-ring (bicyclic) bond motifs is 2. The zero-order valence-corrected chi connectivity index (χ0v) is 35.5. The highest BCUT2D eigenvalue weighted by Crippen LogP contribution is 2.40. The van der Waals surface area contributed by atoms with Crippen LogP contribution in [-0.4, -0.2) is 60.2 Å². The fourth-order valence-corrected chi connectivity index (χ4v) is 8.17. The quantitative estimate of drug-likeness (QED) is 0.0440. The number of nitrogens with zero attached hydrogens (tertiary/aromatic N) is 5. The first-order chi connectivity index (χ1) is 27.5. The van der Waals surface area contributed by atoms with Crippen molar-refractivity contribution >= 4 is 48.0 Å².